The number of nitrogens with one attached hydrogen (secondary N) is 1. The topological polar surface area (TPSA) is 86.8 Å². The summed E-state index contributed by atoms with van der Waals surface area (Å²) in [5, 5.41) is 3.32. The highest BCUT2D eigenvalue weighted by Crippen LogP contribution is 2.25. The predicted molar refractivity (Wildman–Crippen MR) is 152 cm³/mol. The van der Waals surface area contributed by atoms with Crippen LogP contribution in [0.5, 0.6) is 0 Å². The van der Waals surface area contributed by atoms with Crippen molar-refractivity contribution in [2.24, 2.45) is 0 Å². The van der Waals surface area contributed by atoms with Crippen LogP contribution in [-0.2, 0) is 26.2 Å². The van der Waals surface area contributed by atoms with E-state index >= 15 is 0 Å². The average Bonchev–Trinajstić information content (AvgIpc) is 2.92. The Morgan fingerprint density at radius 1 is 0.947 bits per heavy atom. The minimum atomic E-state index is -4.08. The van der Waals surface area contributed by atoms with Gasteiger partial charge in [0, 0.05) is 18.1 Å². The first kappa shape index (κ1) is 29.2. The first-order chi connectivity index (χ1) is 18.1. The lowest BCUT2D eigenvalue weighted by Crippen LogP contribution is -2.51. The van der Waals surface area contributed by atoms with Gasteiger partial charge in [0.15, 0.2) is 0 Å². The monoisotopic (exact) mass is 555 g/mol. The summed E-state index contributed by atoms with van der Waals surface area (Å²) in [5.74, 6) is -0.838. The number of nitrogens with zero attached hydrogens (tertiary/aromatic N) is 2. The van der Waals surface area contributed by atoms with Gasteiger partial charge in [-0.15, -0.1) is 0 Å². The first-order valence-electron chi connectivity index (χ1n) is 12.6. The molecular weight excluding hydrogens is 522 g/mol. The van der Waals surface area contributed by atoms with Gasteiger partial charge in [0.25, 0.3) is 10.0 Å². The number of hydrogen-bond donors (Lipinski definition) is 1. The molecular formula is C29H34ClN3O4S. The summed E-state index contributed by atoms with van der Waals surface area (Å²) in [6.45, 7) is 5.61. The molecule has 0 aliphatic heterocycles. The number of unbranched alkanes of at least 4 members (excludes halogenated alkanes) is 1. The highest BCUT2D eigenvalue weighted by Gasteiger charge is 2.32. The van der Waals surface area contributed by atoms with E-state index in [1.54, 1.807) is 73.7 Å². The van der Waals surface area contributed by atoms with Crippen molar-refractivity contribution in [1.29, 1.82) is 0 Å². The highest BCUT2D eigenvalue weighted by molar-refractivity contribution is 7.92. The van der Waals surface area contributed by atoms with Crippen molar-refractivity contribution in [2.45, 2.75) is 51.1 Å². The summed E-state index contributed by atoms with van der Waals surface area (Å²) in [7, 11) is -4.08. The third-order valence-corrected chi connectivity index (χ3v) is 8.38. The van der Waals surface area contributed by atoms with E-state index in [2.05, 4.69) is 5.32 Å². The Bertz CT molecular complexity index is 1330. The van der Waals surface area contributed by atoms with Gasteiger partial charge < -0.3 is 10.2 Å². The Balaban J connectivity index is 1.99. The molecule has 1 atom stereocenters. The zero-order valence-corrected chi connectivity index (χ0v) is 23.5. The molecule has 38 heavy (non-hydrogen) atoms. The number of rotatable bonds is 12. The fourth-order valence-electron chi connectivity index (χ4n) is 3.89. The average molecular weight is 556 g/mol. The molecule has 3 rings (SSSR count). The standard InChI is InChI=1S/C29H34ClN3O4S/c1-4-5-19-31-29(35)23(3)32(20-24-11-9-10-14-27(24)30)28(34)21-33(25-17-15-22(2)16-18-25)38(36,37)26-12-7-6-8-13-26/h6-18,23H,4-5,19-21H2,1-3H3,(H,31,35)/t23-/m0/s1. The Kier molecular flexibility index (Phi) is 10.3. The largest absolute Gasteiger partial charge is 0.354 e. The van der Waals surface area contributed by atoms with Gasteiger partial charge in [-0.05, 0) is 56.2 Å². The summed E-state index contributed by atoms with van der Waals surface area (Å²) in [6, 6.07) is 21.1. The lowest BCUT2D eigenvalue weighted by molar-refractivity contribution is -0.139. The van der Waals surface area contributed by atoms with Crippen molar-refractivity contribution in [3.05, 3.63) is 95.0 Å². The van der Waals surface area contributed by atoms with Gasteiger partial charge in [-0.2, -0.15) is 0 Å². The lowest BCUT2D eigenvalue weighted by Gasteiger charge is -2.32. The van der Waals surface area contributed by atoms with E-state index in [-0.39, 0.29) is 17.3 Å². The van der Waals surface area contributed by atoms with Crippen molar-refractivity contribution in [3.63, 3.8) is 0 Å². The second-order valence-electron chi connectivity index (χ2n) is 9.09. The smallest absolute Gasteiger partial charge is 0.264 e. The second kappa shape index (κ2) is 13.4. The zero-order valence-electron chi connectivity index (χ0n) is 21.9. The maximum absolute atomic E-state index is 13.9. The number of carbonyl (C=O) groups excluding carboxylic acids is 2. The molecule has 1 N–H and O–H groups in total. The molecule has 0 saturated carbocycles. The van der Waals surface area contributed by atoms with E-state index in [4.69, 9.17) is 11.6 Å². The number of carbonyl (C=O) groups is 2. The van der Waals surface area contributed by atoms with E-state index in [1.807, 2.05) is 13.8 Å². The molecule has 0 aliphatic carbocycles. The zero-order chi connectivity index (χ0) is 27.7. The van der Waals surface area contributed by atoms with Crippen LogP contribution in [0.3, 0.4) is 0 Å². The van der Waals surface area contributed by atoms with E-state index in [0.29, 0.717) is 22.8 Å². The van der Waals surface area contributed by atoms with Crippen LogP contribution in [0.4, 0.5) is 5.69 Å². The molecule has 0 aliphatic rings. The molecule has 0 saturated heterocycles. The van der Waals surface area contributed by atoms with Crippen LogP contribution in [0, 0.1) is 6.92 Å². The van der Waals surface area contributed by atoms with Gasteiger partial charge in [-0.25, -0.2) is 8.42 Å². The van der Waals surface area contributed by atoms with Gasteiger partial charge >= 0.3 is 0 Å². The van der Waals surface area contributed by atoms with Crippen LogP contribution in [-0.4, -0.2) is 44.3 Å². The van der Waals surface area contributed by atoms with Crippen molar-refractivity contribution in [1.82, 2.24) is 10.2 Å². The number of amides is 2. The van der Waals surface area contributed by atoms with Gasteiger partial charge in [0.1, 0.15) is 12.6 Å². The summed E-state index contributed by atoms with van der Waals surface area (Å²) in [4.78, 5) is 28.3. The molecule has 0 fully saturated rings. The number of anilines is 1. The predicted octanol–water partition coefficient (Wildman–Crippen LogP) is 5.18. The van der Waals surface area contributed by atoms with E-state index in [0.717, 1.165) is 22.7 Å². The number of halogens is 1. The summed E-state index contributed by atoms with van der Waals surface area (Å²) < 4.78 is 28.5. The first-order valence-corrected chi connectivity index (χ1v) is 14.4. The third kappa shape index (κ3) is 7.36. The van der Waals surface area contributed by atoms with E-state index < -0.39 is 28.5 Å². The fourth-order valence-corrected chi connectivity index (χ4v) is 5.52. The Morgan fingerprint density at radius 2 is 1.58 bits per heavy atom. The van der Waals surface area contributed by atoms with Crippen LogP contribution in [0.25, 0.3) is 0 Å². The van der Waals surface area contributed by atoms with Crippen molar-refractivity contribution < 1.29 is 18.0 Å². The van der Waals surface area contributed by atoms with Crippen molar-refractivity contribution in [2.75, 3.05) is 17.4 Å². The van der Waals surface area contributed by atoms with Crippen LogP contribution in [0.2, 0.25) is 5.02 Å². The quantitative estimate of drug-likeness (QED) is 0.312. The number of benzene rings is 3. The molecule has 0 aromatic heterocycles. The number of aryl methyl sites for hydroxylation is 1. The summed E-state index contributed by atoms with van der Waals surface area (Å²) >= 11 is 6.38. The molecule has 0 bridgehead atoms. The Labute approximate surface area is 230 Å². The minimum Gasteiger partial charge on any atom is -0.354 e. The van der Waals surface area contributed by atoms with Crippen LogP contribution in [0.1, 0.15) is 37.8 Å². The Hall–Kier alpha value is -3.36. The van der Waals surface area contributed by atoms with Crippen molar-refractivity contribution in [3.8, 4) is 0 Å². The second-order valence-corrected chi connectivity index (χ2v) is 11.4. The molecule has 0 spiro atoms. The SMILES string of the molecule is CCCCNC(=O)[C@H](C)N(Cc1ccccc1Cl)C(=O)CN(c1ccc(C)cc1)S(=O)(=O)c1ccccc1. The molecule has 0 unspecified atom stereocenters. The molecule has 9 heteroatoms. The van der Waals surface area contributed by atoms with Gasteiger partial charge in [0.05, 0.1) is 10.6 Å². The highest BCUT2D eigenvalue weighted by atomic mass is 35.5. The maximum atomic E-state index is 13.9. The summed E-state index contributed by atoms with van der Waals surface area (Å²) in [6.07, 6.45) is 1.73. The molecule has 7 nitrogen and oxygen atoms in total. The Morgan fingerprint density at radius 3 is 2.21 bits per heavy atom. The molecule has 0 radical (unpaired) electrons. The van der Waals surface area contributed by atoms with Gasteiger partial charge in [0.2, 0.25) is 11.8 Å². The third-order valence-electron chi connectivity index (χ3n) is 6.23. The lowest BCUT2D eigenvalue weighted by atomic mass is 10.1. The van der Waals surface area contributed by atoms with Gasteiger partial charge in [-0.1, -0.05) is 79.0 Å². The maximum Gasteiger partial charge on any atom is 0.264 e. The van der Waals surface area contributed by atoms with E-state index in [1.165, 1.54) is 17.0 Å². The van der Waals surface area contributed by atoms with E-state index in [9.17, 15) is 18.0 Å². The molecule has 202 valence electrons. The molecule has 0 heterocycles. The van der Waals surface area contributed by atoms with Gasteiger partial charge in [-0.3, -0.25) is 13.9 Å². The molecule has 3 aromatic rings. The molecule has 2 amide bonds. The van der Waals surface area contributed by atoms with Crippen molar-refractivity contribution >= 4 is 39.1 Å². The number of sulfonamides is 1. The summed E-state index contributed by atoms with van der Waals surface area (Å²) in [5.41, 5.74) is 1.96. The minimum absolute atomic E-state index is 0.0496. The van der Waals surface area contributed by atoms with Crippen LogP contribution in [0.15, 0.2) is 83.8 Å². The normalized spacial score (nSPS) is 12.0. The van der Waals surface area contributed by atoms with Crippen LogP contribution >= 0.6 is 11.6 Å². The van der Waals surface area contributed by atoms with Crippen LogP contribution < -0.4 is 9.62 Å². The number of hydrogen-bond acceptors (Lipinski definition) is 4. The molecule has 3 aromatic carbocycles. The fraction of sp³-hybridized carbons (Fsp3) is 0.310.